The lowest BCUT2D eigenvalue weighted by atomic mass is 10.0. The number of Topliss-reactive ketones (excluding diaryl/α,β-unsaturated/α-hetero) is 2. The summed E-state index contributed by atoms with van der Waals surface area (Å²) in [5.74, 6) is -0.143. The van der Waals surface area contributed by atoms with Crippen molar-refractivity contribution >= 4 is 54.8 Å². The molecule has 6 N–H and O–H groups in total. The van der Waals surface area contributed by atoms with Gasteiger partial charge in [0.1, 0.15) is 88.2 Å². The van der Waals surface area contributed by atoms with E-state index in [4.69, 9.17) is 38.8 Å². The van der Waals surface area contributed by atoms with E-state index >= 15 is 0 Å². The fraction of sp³-hybridized carbons (Fsp3) is 0.320. The van der Waals surface area contributed by atoms with Crippen molar-refractivity contribution in [3.63, 3.8) is 0 Å². The van der Waals surface area contributed by atoms with Gasteiger partial charge in [0, 0.05) is 57.3 Å². The van der Waals surface area contributed by atoms with Crippen LogP contribution in [0, 0.1) is 55.7 Å². The van der Waals surface area contributed by atoms with Gasteiger partial charge in [-0.05, 0) is 287 Å². The smallest absolute Gasteiger partial charge is 0.399 e. The van der Waals surface area contributed by atoms with Gasteiger partial charge >= 0.3 is 12.2 Å². The minimum atomic E-state index is -1.82. The Morgan fingerprint density at radius 2 is 0.763 bits per heavy atom. The molecule has 0 saturated carbocycles. The number of carbonyl (C=O) groups is 5. The molecule has 3 unspecified atom stereocenters. The van der Waals surface area contributed by atoms with Gasteiger partial charge in [0.05, 0.1) is 18.1 Å². The highest BCUT2D eigenvalue weighted by Gasteiger charge is 2.40. The van der Waals surface area contributed by atoms with Crippen LogP contribution in [0.5, 0.6) is 46.7 Å². The lowest BCUT2D eigenvalue weighted by Gasteiger charge is -2.37. The molecule has 18 rings (SSSR count). The summed E-state index contributed by atoms with van der Waals surface area (Å²) in [6, 6.07) is 39.5. The molecule has 0 bridgehead atoms. The van der Waals surface area contributed by atoms with Crippen molar-refractivity contribution in [2.45, 2.75) is 214 Å². The maximum Gasteiger partial charge on any atom is 0.399 e. The van der Waals surface area contributed by atoms with Crippen LogP contribution in [0.3, 0.4) is 0 Å². The van der Waals surface area contributed by atoms with E-state index in [9.17, 15) is 65.6 Å². The van der Waals surface area contributed by atoms with E-state index < -0.39 is 79.1 Å². The van der Waals surface area contributed by atoms with Crippen LogP contribution >= 0.6 is 11.6 Å². The van der Waals surface area contributed by atoms with Crippen LogP contribution in [-0.2, 0) is 38.5 Å². The zero-order chi connectivity index (χ0) is 94.8. The van der Waals surface area contributed by atoms with E-state index in [1.165, 1.54) is 98.4 Å². The summed E-state index contributed by atoms with van der Waals surface area (Å²) in [4.78, 5) is 71.4. The summed E-state index contributed by atoms with van der Waals surface area (Å²) in [7, 11) is -1.82. The number of ether oxygens (including phenoxy) is 2. The molecule has 28 heteroatoms. The first-order valence-corrected chi connectivity index (χ1v) is 46.8. The molecule has 9 aromatic carbocycles. The van der Waals surface area contributed by atoms with Crippen LogP contribution in [0.4, 0.5) is 26.3 Å². The number of hydrogen-bond acceptors (Lipinski definition) is 17. The largest absolute Gasteiger partial charge is 0.543 e. The molecule has 3 aromatic heterocycles. The monoisotopic (exact) mass is 1830 g/mol. The Hall–Kier alpha value is -13.0. The number of ketones is 2. The topological polar surface area (TPSA) is 288 Å². The zero-order valence-corrected chi connectivity index (χ0v) is 77.3. The standard InChI is InChI=1S/2C23H22F2N2O3.C15H22O2Si.C13H11ClF2N2O2.C10H12O.C10H10O.C9H8O2/c2*1-12-7-8-17-16(12)5-4-6-21(17)30-23-27-20(11-29-23)22(28)26-14(3)15-9-18(24)13(2)19(25)10-15;1-15(2,3)18(4,5)17-14-8-6-7-11-12(14)9-10-13(11)16;1-6-9(15)3-8(4-10(6)16)7(2)17-12(19)11-5-20-13(14)18-11;2*1-7-5-6-9-8(7)3-2-4-10(9)11;10-8-3-1-2-6-7(8)4-5-9(6)11/h2*4-6,9-12,14H,7-8H2,1-3H3,(H,26,28);6-8H,9-10H2,1-5H3;3-5,7H,1-2H3,(H,17,19);2-4,7,11H,5-6H2,1H3;2-4,11H,1,5-6H2;1-3,10H,4-5H2/t2*12?,14-;;7-;;;/m11.1.../s1. The molecule has 6 atom stereocenters. The molecule has 0 radical (unpaired) electrons. The number of carbonyl (C=O) groups excluding carboxylic acids is 5. The van der Waals surface area contributed by atoms with Crippen LogP contribution in [-0.4, -0.2) is 67.9 Å². The highest BCUT2D eigenvalue weighted by atomic mass is 35.5. The number of oxazole rings is 3. The van der Waals surface area contributed by atoms with Crippen molar-refractivity contribution in [3.8, 4) is 46.7 Å². The number of nitrogens with one attached hydrogen (secondary N) is 3. The Bertz CT molecular complexity index is 5970. The van der Waals surface area contributed by atoms with Gasteiger partial charge in [0.2, 0.25) is 8.32 Å². The lowest BCUT2D eigenvalue weighted by Crippen LogP contribution is -2.44. The number of benzene rings is 9. The molecule has 3 amide bonds. The molecular weight excluding hydrogens is 1720 g/mol. The fourth-order valence-electron chi connectivity index (χ4n) is 15.9. The van der Waals surface area contributed by atoms with Crippen molar-refractivity contribution in [1.82, 2.24) is 30.9 Å². The maximum atomic E-state index is 13.8. The van der Waals surface area contributed by atoms with Crippen molar-refractivity contribution in [1.29, 1.82) is 0 Å². The maximum absolute atomic E-state index is 13.8. The van der Waals surface area contributed by atoms with Crippen LogP contribution in [0.1, 0.15) is 278 Å². The van der Waals surface area contributed by atoms with Crippen LogP contribution in [0.25, 0.3) is 5.57 Å². The van der Waals surface area contributed by atoms with E-state index in [0.29, 0.717) is 82.3 Å². The van der Waals surface area contributed by atoms with Crippen LogP contribution in [0.2, 0.25) is 23.5 Å². The number of halogens is 7. The number of allylic oxidation sites excluding steroid dienone is 1. The summed E-state index contributed by atoms with van der Waals surface area (Å²) in [6.45, 7) is 30.6. The molecule has 0 spiro atoms. The van der Waals surface area contributed by atoms with Gasteiger partial charge in [-0.25, -0.2) is 26.3 Å². The van der Waals surface area contributed by atoms with Crippen molar-refractivity contribution < 1.29 is 92.8 Å². The second-order valence-electron chi connectivity index (χ2n) is 35.1. The Labute approximate surface area is 763 Å². The number of phenols is 3. The highest BCUT2D eigenvalue weighted by Crippen LogP contribution is 2.45. The number of aromatic nitrogens is 3. The summed E-state index contributed by atoms with van der Waals surface area (Å²) in [5, 5.41) is 36.0. The minimum Gasteiger partial charge on any atom is -0.543 e. The van der Waals surface area contributed by atoms with Crippen molar-refractivity contribution in [3.05, 3.63) is 328 Å². The van der Waals surface area contributed by atoms with E-state index in [2.05, 4.69) is 110 Å². The van der Waals surface area contributed by atoms with Gasteiger partial charge in [0.25, 0.3) is 23.1 Å². The third-order valence-corrected chi connectivity index (χ3v) is 29.6. The number of amides is 3. The van der Waals surface area contributed by atoms with Crippen LogP contribution in [0.15, 0.2) is 184 Å². The Balaban J connectivity index is 0.000000143. The third-order valence-electron chi connectivity index (χ3n) is 25.1. The molecule has 6 aliphatic carbocycles. The van der Waals surface area contributed by atoms with Gasteiger partial charge in [-0.2, -0.15) is 15.0 Å². The Kier molecular flexibility index (Phi) is 31.0. The number of fused-ring (bicyclic) bond motifs is 6. The quantitative estimate of drug-likeness (QED) is 0.0411. The zero-order valence-electron chi connectivity index (χ0n) is 75.6. The van der Waals surface area contributed by atoms with E-state index in [1.54, 1.807) is 51.1 Å². The molecule has 0 aliphatic heterocycles. The Morgan fingerprint density at radius 1 is 0.443 bits per heavy atom. The molecule has 686 valence electrons. The lowest BCUT2D eigenvalue weighted by molar-refractivity contribution is 0.0926. The molecular formula is C103H107ClF6N6O14Si. The van der Waals surface area contributed by atoms with E-state index in [0.717, 1.165) is 108 Å². The third kappa shape index (κ3) is 23.2. The summed E-state index contributed by atoms with van der Waals surface area (Å²) < 4.78 is 115. The van der Waals surface area contributed by atoms with Gasteiger partial charge < -0.3 is 58.4 Å². The number of phenolic OH excluding ortho intramolecular Hbond substituents is 3. The van der Waals surface area contributed by atoms with Gasteiger partial charge in [-0.1, -0.05) is 121 Å². The van der Waals surface area contributed by atoms with Crippen molar-refractivity contribution in [2.75, 3.05) is 0 Å². The summed E-state index contributed by atoms with van der Waals surface area (Å²) >= 11 is 5.46. The summed E-state index contributed by atoms with van der Waals surface area (Å²) in [5.41, 5.74) is 14.9. The van der Waals surface area contributed by atoms with Gasteiger partial charge in [0.15, 0.2) is 28.6 Å². The summed E-state index contributed by atoms with van der Waals surface area (Å²) in [6.07, 6.45) is 14.3. The van der Waals surface area contributed by atoms with Crippen molar-refractivity contribution in [2.24, 2.45) is 0 Å². The Morgan fingerprint density at radius 3 is 1.15 bits per heavy atom. The molecule has 6 aliphatic rings. The first kappa shape index (κ1) is 97.1. The van der Waals surface area contributed by atoms with Gasteiger partial charge in [-0.3, -0.25) is 24.0 Å². The number of nitrogens with zero attached hydrogens (tertiary/aromatic N) is 3. The first-order valence-electron chi connectivity index (χ1n) is 43.5. The number of rotatable bonds is 15. The molecule has 131 heavy (non-hydrogen) atoms. The van der Waals surface area contributed by atoms with Gasteiger partial charge in [-0.15, -0.1) is 0 Å². The molecule has 20 nitrogen and oxygen atoms in total. The molecule has 0 saturated heterocycles. The normalized spacial score (nSPS) is 15.8. The molecule has 12 aromatic rings. The fourth-order valence-corrected chi connectivity index (χ4v) is 17.1. The highest BCUT2D eigenvalue weighted by molar-refractivity contribution is 6.74. The first-order chi connectivity index (χ1) is 62.1. The average molecular weight is 1830 g/mol. The minimum absolute atomic E-state index is 0.00472. The number of hydrogen-bond donors (Lipinski definition) is 6. The second-order valence-corrected chi connectivity index (χ2v) is 40.2. The predicted molar refractivity (Wildman–Crippen MR) is 490 cm³/mol. The van der Waals surface area contributed by atoms with E-state index in [1.807, 2.05) is 60.7 Å². The predicted octanol–water partition coefficient (Wildman–Crippen LogP) is 25.1. The molecule has 3 heterocycles. The van der Waals surface area contributed by atoms with E-state index in [-0.39, 0.29) is 73.6 Å². The SMILES string of the molecule is C=C1CCc2c(O)cccc21.CC(C)(C)[Si](C)(C)Oc1cccc2c1CCC2=O.CC1CCc2c(O)cccc21.Cc1c(F)cc([C@@H](C)NC(=O)c2coc(Cl)n2)cc1F.Cc1c(F)cc([C@@H](C)NC(=O)c2coc(Oc3cccc4c3CCC4C)n2)cc1F.Cc1c(F)cc([C@@H](C)NC(=O)c2coc(Oc3cccc4c3CCC4C)n2)cc1F.O=C1CCc2c(O)cccc21. The second kappa shape index (κ2) is 41.8. The van der Waals surface area contributed by atoms with Crippen LogP contribution < -0.4 is 29.9 Å². The average Bonchev–Trinajstić information content (AvgIpc) is 1.46. The molecule has 0 fully saturated rings. The number of aromatic hydroxyl groups is 3.